The van der Waals surface area contributed by atoms with Crippen molar-refractivity contribution in [2.24, 2.45) is 0 Å². The summed E-state index contributed by atoms with van der Waals surface area (Å²) in [5.41, 5.74) is 2.06. The molecular weight excluding hydrogens is 358 g/mol. The van der Waals surface area contributed by atoms with Gasteiger partial charge in [-0.15, -0.1) is 0 Å². The zero-order valence-corrected chi connectivity index (χ0v) is 13.2. The molecule has 2 N–H and O–H groups in total. The van der Waals surface area contributed by atoms with Crippen molar-refractivity contribution in [3.05, 3.63) is 59.7 Å². The van der Waals surface area contributed by atoms with Crippen LogP contribution in [0.5, 0.6) is 0 Å². The van der Waals surface area contributed by atoms with Crippen molar-refractivity contribution in [3.63, 3.8) is 0 Å². The quantitative estimate of drug-likeness (QED) is 0.723. The first kappa shape index (κ1) is 13.8. The fourth-order valence-corrected chi connectivity index (χ4v) is 8.97. The van der Waals surface area contributed by atoms with Crippen LogP contribution in [-0.2, 0) is 13.2 Å². The molecule has 18 heavy (non-hydrogen) atoms. The van der Waals surface area contributed by atoms with Gasteiger partial charge in [-0.25, -0.2) is 0 Å². The van der Waals surface area contributed by atoms with E-state index in [9.17, 15) is 10.2 Å². The van der Waals surface area contributed by atoms with E-state index < -0.39 is 0 Å². The molecule has 0 spiro atoms. The first-order chi connectivity index (χ1) is 8.85. The fraction of sp³-hybridized carbons (Fsp3) is 0.143. The summed E-state index contributed by atoms with van der Waals surface area (Å²) in [5, 5.41) is 18.6. The van der Waals surface area contributed by atoms with Gasteiger partial charge < -0.3 is 0 Å². The van der Waals surface area contributed by atoms with Gasteiger partial charge in [0.05, 0.1) is 0 Å². The number of hydrogen-bond acceptors (Lipinski definition) is 2. The van der Waals surface area contributed by atoms with Gasteiger partial charge in [-0.1, -0.05) is 0 Å². The van der Waals surface area contributed by atoms with Gasteiger partial charge in [0.2, 0.25) is 0 Å². The van der Waals surface area contributed by atoms with Crippen LogP contribution in [0.25, 0.3) is 0 Å². The van der Waals surface area contributed by atoms with E-state index in [1.807, 2.05) is 36.4 Å². The third kappa shape index (κ3) is 3.45. The fourth-order valence-electron chi connectivity index (χ4n) is 1.52. The number of aliphatic hydroxyl groups is 2. The normalized spacial score (nSPS) is 10.6. The van der Waals surface area contributed by atoms with Crippen LogP contribution in [-0.4, -0.2) is 36.5 Å². The third-order valence-corrected chi connectivity index (χ3v) is 9.93. The summed E-state index contributed by atoms with van der Waals surface area (Å²) in [6.07, 6.45) is 0. The number of aliphatic hydroxyl groups excluding tert-OH is 2. The standard InChI is InChI=1S/C14H14O2Se2/c15-9-11-5-1-3-7-13(11)17-18-14-8-4-2-6-12(14)10-16/h1-8,15-16H,9-10H2. The first-order valence-corrected chi connectivity index (χ1v) is 11.6. The Hall–Kier alpha value is -0.601. The van der Waals surface area contributed by atoms with Crippen LogP contribution in [0, 0.1) is 0 Å². The van der Waals surface area contributed by atoms with Gasteiger partial charge in [-0.2, -0.15) is 0 Å². The van der Waals surface area contributed by atoms with Gasteiger partial charge in [-0.05, 0) is 0 Å². The van der Waals surface area contributed by atoms with Crippen molar-refractivity contribution >= 4 is 35.2 Å². The molecule has 0 aromatic heterocycles. The molecule has 94 valence electrons. The van der Waals surface area contributed by atoms with Crippen LogP contribution in [0.4, 0.5) is 0 Å². The molecule has 0 saturated carbocycles. The first-order valence-electron chi connectivity index (χ1n) is 5.57. The van der Waals surface area contributed by atoms with E-state index in [4.69, 9.17) is 0 Å². The number of hydrogen-bond donors (Lipinski definition) is 2. The molecule has 0 saturated heterocycles. The molecule has 2 aromatic carbocycles. The predicted octanol–water partition coefficient (Wildman–Crippen LogP) is -0.0546. The topological polar surface area (TPSA) is 40.5 Å². The maximum atomic E-state index is 9.29. The van der Waals surface area contributed by atoms with Crippen molar-refractivity contribution < 1.29 is 10.2 Å². The Morgan fingerprint density at radius 3 is 1.44 bits per heavy atom. The summed E-state index contributed by atoms with van der Waals surface area (Å²) in [5.74, 6) is 0. The van der Waals surface area contributed by atoms with Crippen LogP contribution in [0.2, 0.25) is 0 Å². The molecule has 2 aromatic rings. The molecule has 0 bridgehead atoms. The Kier molecular flexibility index (Phi) is 5.45. The summed E-state index contributed by atoms with van der Waals surface area (Å²) >= 11 is 0.690. The van der Waals surface area contributed by atoms with Crippen molar-refractivity contribution in [1.82, 2.24) is 0 Å². The van der Waals surface area contributed by atoms with E-state index >= 15 is 0 Å². The molecule has 0 radical (unpaired) electrons. The Morgan fingerprint density at radius 1 is 0.667 bits per heavy atom. The average molecular weight is 372 g/mol. The minimum atomic E-state index is 0.107. The van der Waals surface area contributed by atoms with Crippen molar-refractivity contribution in [1.29, 1.82) is 0 Å². The van der Waals surface area contributed by atoms with E-state index in [1.165, 1.54) is 8.92 Å². The summed E-state index contributed by atoms with van der Waals surface area (Å²) in [4.78, 5) is 0. The van der Waals surface area contributed by atoms with Gasteiger partial charge in [0, 0.05) is 0 Å². The molecule has 0 unspecified atom stereocenters. The molecule has 0 fully saturated rings. The van der Waals surface area contributed by atoms with E-state index in [2.05, 4.69) is 12.1 Å². The van der Waals surface area contributed by atoms with Gasteiger partial charge >= 0.3 is 118 Å². The molecular formula is C14H14O2Se2. The molecule has 0 atom stereocenters. The van der Waals surface area contributed by atoms with Crippen LogP contribution >= 0.6 is 0 Å². The Balaban J connectivity index is 2.11. The van der Waals surface area contributed by atoms with Gasteiger partial charge in [0.15, 0.2) is 0 Å². The summed E-state index contributed by atoms with van der Waals surface area (Å²) in [6, 6.07) is 16.1. The zero-order chi connectivity index (χ0) is 12.8. The predicted molar refractivity (Wildman–Crippen MR) is 75.5 cm³/mol. The number of benzene rings is 2. The van der Waals surface area contributed by atoms with Crippen molar-refractivity contribution in [2.75, 3.05) is 0 Å². The van der Waals surface area contributed by atoms with Crippen LogP contribution in [0.3, 0.4) is 0 Å². The maximum absolute atomic E-state index is 9.29. The van der Waals surface area contributed by atoms with Gasteiger partial charge in [0.1, 0.15) is 0 Å². The second kappa shape index (κ2) is 7.10. The van der Waals surface area contributed by atoms with E-state index in [0.29, 0.717) is 26.3 Å². The Bertz CT molecular complexity index is 467. The third-order valence-electron chi connectivity index (χ3n) is 2.51. The molecule has 0 heterocycles. The molecule has 0 aliphatic carbocycles. The Morgan fingerprint density at radius 2 is 1.06 bits per heavy atom. The minimum absolute atomic E-state index is 0.107. The SMILES string of the molecule is OCc1ccccc1[Se][Se]c1ccccc1CO. The Labute approximate surface area is 118 Å². The second-order valence-corrected chi connectivity index (χ2v) is 9.88. The van der Waals surface area contributed by atoms with Gasteiger partial charge in [-0.3, -0.25) is 0 Å². The monoisotopic (exact) mass is 374 g/mol. The van der Waals surface area contributed by atoms with E-state index in [-0.39, 0.29) is 13.2 Å². The molecule has 0 aliphatic rings. The van der Waals surface area contributed by atoms with Crippen LogP contribution in [0.1, 0.15) is 11.1 Å². The molecule has 0 amide bonds. The van der Waals surface area contributed by atoms with Crippen LogP contribution < -0.4 is 8.92 Å². The second-order valence-electron chi connectivity index (χ2n) is 3.70. The summed E-state index contributed by atoms with van der Waals surface area (Å²) < 4.78 is 2.53. The van der Waals surface area contributed by atoms with E-state index in [0.717, 1.165) is 11.1 Å². The molecule has 2 rings (SSSR count). The summed E-state index contributed by atoms with van der Waals surface area (Å²) in [7, 11) is 0. The zero-order valence-electron chi connectivity index (χ0n) is 9.74. The van der Waals surface area contributed by atoms with Crippen molar-refractivity contribution in [2.45, 2.75) is 13.2 Å². The average Bonchev–Trinajstić information content (AvgIpc) is 2.45. The van der Waals surface area contributed by atoms with Crippen molar-refractivity contribution in [3.8, 4) is 0 Å². The molecule has 2 nitrogen and oxygen atoms in total. The van der Waals surface area contributed by atoms with Gasteiger partial charge in [0.25, 0.3) is 0 Å². The molecule has 0 aliphatic heterocycles. The molecule has 4 heteroatoms. The number of rotatable bonds is 5. The summed E-state index contributed by atoms with van der Waals surface area (Å²) in [6.45, 7) is 0.214. The van der Waals surface area contributed by atoms with E-state index in [1.54, 1.807) is 0 Å². The van der Waals surface area contributed by atoms with Crippen LogP contribution in [0.15, 0.2) is 48.5 Å².